The zero-order valence-electron chi connectivity index (χ0n) is 14.9. The lowest BCUT2D eigenvalue weighted by Gasteiger charge is -2.18. The van der Waals surface area contributed by atoms with Gasteiger partial charge in [0, 0.05) is 35.7 Å². The molecule has 132 valence electrons. The van der Waals surface area contributed by atoms with Crippen molar-refractivity contribution in [3.8, 4) is 0 Å². The van der Waals surface area contributed by atoms with E-state index in [1.807, 2.05) is 38.3 Å². The highest BCUT2D eigenvalue weighted by atomic mass is 32.2. The molecule has 0 heterocycles. The third kappa shape index (κ3) is 5.10. The Kier molecular flexibility index (Phi) is 7.07. The van der Waals surface area contributed by atoms with Gasteiger partial charge < -0.3 is 10.2 Å². The fraction of sp³-hybridized carbons (Fsp3) is 0.300. The van der Waals surface area contributed by atoms with Crippen molar-refractivity contribution in [3.63, 3.8) is 0 Å². The van der Waals surface area contributed by atoms with Crippen LogP contribution in [-0.2, 0) is 5.75 Å². The summed E-state index contributed by atoms with van der Waals surface area (Å²) in [7, 11) is 0. The van der Waals surface area contributed by atoms with Gasteiger partial charge in [0.2, 0.25) is 0 Å². The van der Waals surface area contributed by atoms with E-state index in [0.717, 1.165) is 11.3 Å². The van der Waals surface area contributed by atoms with E-state index in [1.54, 1.807) is 47.0 Å². The minimum atomic E-state index is -0.147. The maximum Gasteiger partial charge on any atom is 0.255 e. The summed E-state index contributed by atoms with van der Waals surface area (Å²) < 4.78 is 0. The Bertz CT molecular complexity index is 725. The Morgan fingerprint density at radius 2 is 1.68 bits per heavy atom. The number of carbonyl (C=O) groups excluding carboxylic acids is 2. The summed E-state index contributed by atoms with van der Waals surface area (Å²) in [4.78, 5) is 26.5. The Morgan fingerprint density at radius 3 is 2.28 bits per heavy atom. The molecule has 0 aliphatic carbocycles. The van der Waals surface area contributed by atoms with Crippen LogP contribution in [0, 0.1) is 0 Å². The molecule has 2 aromatic carbocycles. The summed E-state index contributed by atoms with van der Waals surface area (Å²) in [6.07, 6.45) is 2.04. The molecule has 2 amide bonds. The molecule has 0 saturated heterocycles. The quantitative estimate of drug-likeness (QED) is 0.805. The molecule has 0 fully saturated rings. The smallest absolute Gasteiger partial charge is 0.255 e. The van der Waals surface area contributed by atoms with Crippen LogP contribution in [0.5, 0.6) is 0 Å². The number of nitrogens with zero attached hydrogens (tertiary/aromatic N) is 1. The normalized spacial score (nSPS) is 10.4. The monoisotopic (exact) mass is 356 g/mol. The van der Waals surface area contributed by atoms with Crippen LogP contribution in [0.2, 0.25) is 0 Å². The van der Waals surface area contributed by atoms with Gasteiger partial charge >= 0.3 is 0 Å². The van der Waals surface area contributed by atoms with Crippen molar-refractivity contribution in [1.82, 2.24) is 4.90 Å². The standard InChI is InChI=1S/C20H24N2O2S/c1-4-22(5-2)20(24)16-9-11-18(12-10-16)21-19(23)17-8-6-7-15(13-17)14-25-3/h6-13H,4-5,14H2,1-3H3,(H,21,23). The summed E-state index contributed by atoms with van der Waals surface area (Å²) in [5, 5.41) is 2.88. The summed E-state index contributed by atoms with van der Waals surface area (Å²) in [5.41, 5.74) is 3.06. The van der Waals surface area contributed by atoms with Gasteiger partial charge in [-0.05, 0) is 62.1 Å². The zero-order valence-corrected chi connectivity index (χ0v) is 15.7. The predicted octanol–water partition coefficient (Wildman–Crippen LogP) is 4.28. The van der Waals surface area contributed by atoms with Gasteiger partial charge in [0.15, 0.2) is 0 Å². The highest BCUT2D eigenvalue weighted by molar-refractivity contribution is 7.97. The number of carbonyl (C=O) groups is 2. The Morgan fingerprint density at radius 1 is 1.00 bits per heavy atom. The second-order valence-electron chi connectivity index (χ2n) is 5.64. The average Bonchev–Trinajstić information content (AvgIpc) is 2.64. The summed E-state index contributed by atoms with van der Waals surface area (Å²) in [6, 6.07) is 14.6. The SMILES string of the molecule is CCN(CC)C(=O)c1ccc(NC(=O)c2cccc(CSC)c2)cc1. The number of nitrogens with one attached hydrogen (secondary N) is 1. The molecule has 0 aliphatic heterocycles. The van der Waals surface area contributed by atoms with Crippen molar-refractivity contribution >= 4 is 29.3 Å². The van der Waals surface area contributed by atoms with Crippen LogP contribution < -0.4 is 5.32 Å². The maximum atomic E-state index is 12.4. The molecule has 5 heteroatoms. The van der Waals surface area contributed by atoms with E-state index < -0.39 is 0 Å². The van der Waals surface area contributed by atoms with Crippen molar-refractivity contribution in [1.29, 1.82) is 0 Å². The predicted molar refractivity (Wildman–Crippen MR) is 105 cm³/mol. The van der Waals surface area contributed by atoms with Gasteiger partial charge in [-0.3, -0.25) is 9.59 Å². The molecular weight excluding hydrogens is 332 g/mol. The molecule has 2 rings (SSSR count). The zero-order chi connectivity index (χ0) is 18.2. The first-order chi connectivity index (χ1) is 12.1. The van der Waals surface area contributed by atoms with Gasteiger partial charge in [-0.15, -0.1) is 0 Å². The first-order valence-corrected chi connectivity index (χ1v) is 9.77. The molecule has 0 unspecified atom stereocenters. The second kappa shape index (κ2) is 9.28. The molecule has 2 aromatic rings. The van der Waals surface area contributed by atoms with Crippen molar-refractivity contribution < 1.29 is 9.59 Å². The van der Waals surface area contributed by atoms with Crippen LogP contribution in [0.3, 0.4) is 0 Å². The summed E-state index contributed by atoms with van der Waals surface area (Å²) in [6.45, 7) is 5.28. The number of hydrogen-bond acceptors (Lipinski definition) is 3. The molecule has 0 aromatic heterocycles. The number of amides is 2. The molecule has 0 atom stereocenters. The fourth-order valence-electron chi connectivity index (χ4n) is 2.56. The van der Waals surface area contributed by atoms with Crippen molar-refractivity contribution in [2.45, 2.75) is 19.6 Å². The lowest BCUT2D eigenvalue weighted by atomic mass is 10.1. The lowest BCUT2D eigenvalue weighted by Crippen LogP contribution is -2.30. The minimum absolute atomic E-state index is 0.00708. The number of rotatable bonds is 7. The number of hydrogen-bond donors (Lipinski definition) is 1. The topological polar surface area (TPSA) is 49.4 Å². The molecule has 0 bridgehead atoms. The first kappa shape index (κ1) is 19.1. The Hall–Kier alpha value is -2.27. The van der Waals surface area contributed by atoms with Crippen molar-refractivity contribution in [2.24, 2.45) is 0 Å². The summed E-state index contributed by atoms with van der Waals surface area (Å²) in [5.74, 6) is 0.738. The maximum absolute atomic E-state index is 12.4. The number of anilines is 1. The molecular formula is C20H24N2O2S. The third-order valence-electron chi connectivity index (χ3n) is 3.94. The highest BCUT2D eigenvalue weighted by Crippen LogP contribution is 2.15. The first-order valence-electron chi connectivity index (χ1n) is 8.37. The van der Waals surface area contributed by atoms with Crippen LogP contribution in [0.15, 0.2) is 48.5 Å². The molecule has 0 spiro atoms. The van der Waals surface area contributed by atoms with E-state index in [9.17, 15) is 9.59 Å². The lowest BCUT2D eigenvalue weighted by molar-refractivity contribution is 0.0773. The Labute approximate surface area is 153 Å². The molecule has 0 radical (unpaired) electrons. The van der Waals surface area contributed by atoms with Gasteiger partial charge in [0.05, 0.1) is 0 Å². The van der Waals surface area contributed by atoms with Crippen LogP contribution in [0.1, 0.15) is 40.1 Å². The van der Waals surface area contributed by atoms with E-state index in [4.69, 9.17) is 0 Å². The van der Waals surface area contributed by atoms with E-state index in [-0.39, 0.29) is 11.8 Å². The van der Waals surface area contributed by atoms with Crippen LogP contribution >= 0.6 is 11.8 Å². The van der Waals surface area contributed by atoms with Gasteiger partial charge in [0.1, 0.15) is 0 Å². The van der Waals surface area contributed by atoms with Crippen molar-refractivity contribution in [3.05, 3.63) is 65.2 Å². The van der Waals surface area contributed by atoms with E-state index in [0.29, 0.717) is 29.9 Å². The van der Waals surface area contributed by atoms with E-state index in [1.165, 1.54) is 0 Å². The molecule has 0 aliphatic rings. The minimum Gasteiger partial charge on any atom is -0.339 e. The molecule has 4 nitrogen and oxygen atoms in total. The van der Waals surface area contributed by atoms with Gasteiger partial charge in [-0.25, -0.2) is 0 Å². The van der Waals surface area contributed by atoms with Gasteiger partial charge in [-0.1, -0.05) is 12.1 Å². The Balaban J connectivity index is 2.07. The third-order valence-corrected chi connectivity index (χ3v) is 4.56. The van der Waals surface area contributed by atoms with Gasteiger partial charge in [-0.2, -0.15) is 11.8 Å². The number of benzene rings is 2. The van der Waals surface area contributed by atoms with Gasteiger partial charge in [0.25, 0.3) is 11.8 Å². The fourth-order valence-corrected chi connectivity index (χ4v) is 3.07. The summed E-state index contributed by atoms with van der Waals surface area (Å²) >= 11 is 1.72. The molecule has 0 saturated carbocycles. The van der Waals surface area contributed by atoms with E-state index in [2.05, 4.69) is 5.32 Å². The van der Waals surface area contributed by atoms with Crippen LogP contribution in [0.25, 0.3) is 0 Å². The van der Waals surface area contributed by atoms with E-state index >= 15 is 0 Å². The molecule has 25 heavy (non-hydrogen) atoms. The highest BCUT2D eigenvalue weighted by Gasteiger charge is 2.12. The molecule has 1 N–H and O–H groups in total. The van der Waals surface area contributed by atoms with Crippen LogP contribution in [0.4, 0.5) is 5.69 Å². The number of thioether (sulfide) groups is 1. The average molecular weight is 356 g/mol. The van der Waals surface area contributed by atoms with Crippen LogP contribution in [-0.4, -0.2) is 36.1 Å². The largest absolute Gasteiger partial charge is 0.339 e. The second-order valence-corrected chi connectivity index (χ2v) is 6.51. The van der Waals surface area contributed by atoms with Crippen molar-refractivity contribution in [2.75, 3.05) is 24.7 Å².